The summed E-state index contributed by atoms with van der Waals surface area (Å²) in [6, 6.07) is 17.4. The number of benzene rings is 2. The number of hydrogen-bond donors (Lipinski definition) is 1. The number of rotatable bonds is 7. The molecule has 0 heterocycles. The van der Waals surface area contributed by atoms with Crippen LogP contribution in [-0.4, -0.2) is 30.5 Å². The molecule has 0 fully saturated rings. The molecule has 0 aliphatic rings. The van der Waals surface area contributed by atoms with Gasteiger partial charge in [0.25, 0.3) is 0 Å². The molecule has 23 heavy (non-hydrogen) atoms. The molecule has 2 aromatic rings. The Bertz CT molecular complexity index is 609. The van der Waals surface area contributed by atoms with Crippen molar-refractivity contribution in [1.29, 1.82) is 0 Å². The van der Waals surface area contributed by atoms with E-state index >= 15 is 0 Å². The molecule has 0 spiro atoms. The lowest BCUT2D eigenvalue weighted by Crippen LogP contribution is -2.42. The lowest BCUT2D eigenvalue weighted by Gasteiger charge is -2.24. The smallest absolute Gasteiger partial charge is 0.239 e. The van der Waals surface area contributed by atoms with Crippen LogP contribution in [0.4, 0.5) is 0 Å². The average molecular weight is 312 g/mol. The van der Waals surface area contributed by atoms with Crippen molar-refractivity contribution in [2.24, 2.45) is 5.73 Å². The van der Waals surface area contributed by atoms with E-state index in [1.807, 2.05) is 59.5 Å². The summed E-state index contributed by atoms with van der Waals surface area (Å²) in [5.74, 6) is 0.809. The maximum Gasteiger partial charge on any atom is 0.239 e. The Morgan fingerprint density at radius 1 is 1.09 bits per heavy atom. The Balaban J connectivity index is 2.03. The van der Waals surface area contributed by atoms with Crippen molar-refractivity contribution < 1.29 is 9.53 Å². The first-order chi connectivity index (χ1) is 11.1. The summed E-state index contributed by atoms with van der Waals surface area (Å²) in [4.78, 5) is 14.2. The quantitative estimate of drug-likeness (QED) is 0.855. The molecule has 4 nitrogen and oxygen atoms in total. The Morgan fingerprint density at radius 2 is 1.74 bits per heavy atom. The Kier molecular flexibility index (Phi) is 6.18. The van der Waals surface area contributed by atoms with Gasteiger partial charge in [0.15, 0.2) is 0 Å². The molecule has 0 saturated heterocycles. The molecule has 0 radical (unpaired) electrons. The van der Waals surface area contributed by atoms with Crippen molar-refractivity contribution in [3.8, 4) is 5.75 Å². The zero-order valence-corrected chi connectivity index (χ0v) is 13.7. The second-order valence-electron chi connectivity index (χ2n) is 5.63. The second-order valence-corrected chi connectivity index (χ2v) is 5.63. The SMILES string of the molecule is COc1ccc(CCN(Cc2ccccc2)C(=O)[C@H](C)N)cc1. The van der Waals surface area contributed by atoms with E-state index < -0.39 is 6.04 Å². The molecule has 1 amide bonds. The van der Waals surface area contributed by atoms with E-state index in [1.165, 1.54) is 5.56 Å². The number of carbonyl (C=O) groups is 1. The molecule has 122 valence electrons. The van der Waals surface area contributed by atoms with Crippen LogP contribution in [-0.2, 0) is 17.8 Å². The van der Waals surface area contributed by atoms with Crippen LogP contribution >= 0.6 is 0 Å². The van der Waals surface area contributed by atoms with Crippen LogP contribution in [0, 0.1) is 0 Å². The Labute approximate surface area is 137 Å². The first-order valence-corrected chi connectivity index (χ1v) is 7.81. The van der Waals surface area contributed by atoms with Crippen LogP contribution in [0.3, 0.4) is 0 Å². The van der Waals surface area contributed by atoms with Crippen LogP contribution in [0.15, 0.2) is 54.6 Å². The van der Waals surface area contributed by atoms with Gasteiger partial charge < -0.3 is 15.4 Å². The fourth-order valence-corrected chi connectivity index (χ4v) is 2.42. The first kappa shape index (κ1) is 17.0. The predicted molar refractivity (Wildman–Crippen MR) is 92.2 cm³/mol. The molecule has 0 aliphatic heterocycles. The Morgan fingerprint density at radius 3 is 2.30 bits per heavy atom. The summed E-state index contributed by atoms with van der Waals surface area (Å²) in [6.07, 6.45) is 0.787. The normalized spacial score (nSPS) is 11.8. The van der Waals surface area contributed by atoms with Crippen molar-refractivity contribution in [1.82, 2.24) is 4.90 Å². The highest BCUT2D eigenvalue weighted by molar-refractivity contribution is 5.81. The predicted octanol–water partition coefficient (Wildman–Crippen LogP) is 2.61. The average Bonchev–Trinajstić information content (AvgIpc) is 2.59. The molecule has 0 bridgehead atoms. The summed E-state index contributed by atoms with van der Waals surface area (Å²) >= 11 is 0. The molecule has 2 N–H and O–H groups in total. The zero-order valence-electron chi connectivity index (χ0n) is 13.7. The largest absolute Gasteiger partial charge is 0.497 e. The number of ether oxygens (including phenoxy) is 1. The van der Waals surface area contributed by atoms with Gasteiger partial charge in [0.1, 0.15) is 5.75 Å². The molecule has 0 aliphatic carbocycles. The van der Waals surface area contributed by atoms with Gasteiger partial charge in [0.05, 0.1) is 13.2 Å². The Hall–Kier alpha value is -2.33. The monoisotopic (exact) mass is 312 g/mol. The van der Waals surface area contributed by atoms with E-state index in [-0.39, 0.29) is 5.91 Å². The summed E-state index contributed by atoms with van der Waals surface area (Å²) in [6.45, 7) is 2.95. The maximum atomic E-state index is 12.3. The van der Waals surface area contributed by atoms with Gasteiger partial charge in [-0.25, -0.2) is 0 Å². The van der Waals surface area contributed by atoms with Crippen LogP contribution in [0.2, 0.25) is 0 Å². The molecule has 0 saturated carbocycles. The summed E-state index contributed by atoms with van der Waals surface area (Å²) in [5, 5.41) is 0. The standard InChI is InChI=1S/C19H24N2O2/c1-15(20)19(22)21(14-17-6-4-3-5-7-17)13-12-16-8-10-18(23-2)11-9-16/h3-11,15H,12-14,20H2,1-2H3/t15-/m0/s1. The zero-order chi connectivity index (χ0) is 16.7. The molecule has 0 unspecified atom stereocenters. The molecular formula is C19H24N2O2. The number of nitrogens with zero attached hydrogens (tertiary/aromatic N) is 1. The molecule has 0 aromatic heterocycles. The second kappa shape index (κ2) is 8.34. The molecular weight excluding hydrogens is 288 g/mol. The third-order valence-corrected chi connectivity index (χ3v) is 3.75. The lowest BCUT2D eigenvalue weighted by molar-refractivity contribution is -0.132. The van der Waals surface area contributed by atoms with Crippen molar-refractivity contribution in [3.05, 3.63) is 65.7 Å². The van der Waals surface area contributed by atoms with Crippen LogP contribution < -0.4 is 10.5 Å². The number of amides is 1. The number of methoxy groups -OCH3 is 1. The van der Waals surface area contributed by atoms with E-state index in [2.05, 4.69) is 0 Å². The van der Waals surface area contributed by atoms with E-state index in [0.29, 0.717) is 13.1 Å². The van der Waals surface area contributed by atoms with Crippen molar-refractivity contribution in [3.63, 3.8) is 0 Å². The molecule has 4 heteroatoms. The minimum atomic E-state index is -0.491. The fraction of sp³-hybridized carbons (Fsp3) is 0.316. The first-order valence-electron chi connectivity index (χ1n) is 7.81. The van der Waals surface area contributed by atoms with Crippen molar-refractivity contribution >= 4 is 5.91 Å². The maximum absolute atomic E-state index is 12.3. The summed E-state index contributed by atoms with van der Waals surface area (Å²) in [7, 11) is 1.65. The van der Waals surface area contributed by atoms with E-state index in [9.17, 15) is 4.79 Å². The highest BCUT2D eigenvalue weighted by atomic mass is 16.5. The summed E-state index contributed by atoms with van der Waals surface area (Å²) in [5.41, 5.74) is 8.07. The van der Waals surface area contributed by atoms with Crippen LogP contribution in [0.1, 0.15) is 18.1 Å². The number of nitrogens with two attached hydrogens (primary N) is 1. The summed E-state index contributed by atoms with van der Waals surface area (Å²) < 4.78 is 5.16. The van der Waals surface area contributed by atoms with Crippen LogP contribution in [0.25, 0.3) is 0 Å². The topological polar surface area (TPSA) is 55.6 Å². The van der Waals surface area contributed by atoms with Gasteiger partial charge >= 0.3 is 0 Å². The number of carbonyl (C=O) groups excluding carboxylic acids is 1. The van der Waals surface area contributed by atoms with E-state index in [4.69, 9.17) is 10.5 Å². The van der Waals surface area contributed by atoms with Gasteiger partial charge in [-0.3, -0.25) is 4.79 Å². The van der Waals surface area contributed by atoms with Gasteiger partial charge in [0, 0.05) is 13.1 Å². The number of hydrogen-bond acceptors (Lipinski definition) is 3. The van der Waals surface area contributed by atoms with Gasteiger partial charge in [-0.1, -0.05) is 42.5 Å². The van der Waals surface area contributed by atoms with E-state index in [1.54, 1.807) is 14.0 Å². The lowest BCUT2D eigenvalue weighted by atomic mass is 10.1. The molecule has 1 atom stereocenters. The van der Waals surface area contributed by atoms with Crippen molar-refractivity contribution in [2.75, 3.05) is 13.7 Å². The highest BCUT2D eigenvalue weighted by Gasteiger charge is 2.17. The van der Waals surface area contributed by atoms with Gasteiger partial charge in [-0.2, -0.15) is 0 Å². The van der Waals surface area contributed by atoms with Gasteiger partial charge in [0.2, 0.25) is 5.91 Å². The molecule has 2 rings (SSSR count). The minimum Gasteiger partial charge on any atom is -0.497 e. The third kappa shape index (κ3) is 5.11. The third-order valence-electron chi connectivity index (χ3n) is 3.75. The van der Waals surface area contributed by atoms with Crippen LogP contribution in [0.5, 0.6) is 5.75 Å². The minimum absolute atomic E-state index is 0.0256. The molecule has 2 aromatic carbocycles. The fourth-order valence-electron chi connectivity index (χ4n) is 2.42. The highest BCUT2D eigenvalue weighted by Crippen LogP contribution is 2.13. The van der Waals surface area contributed by atoms with Gasteiger partial charge in [-0.15, -0.1) is 0 Å². The van der Waals surface area contributed by atoms with E-state index in [0.717, 1.165) is 17.7 Å². The van der Waals surface area contributed by atoms with Gasteiger partial charge in [-0.05, 0) is 36.6 Å². The van der Waals surface area contributed by atoms with Crippen molar-refractivity contribution in [2.45, 2.75) is 25.9 Å².